The van der Waals surface area contributed by atoms with Gasteiger partial charge in [-0.25, -0.2) is 0 Å². The molecule has 1 aliphatic heterocycles. The van der Waals surface area contributed by atoms with Gasteiger partial charge in [0.15, 0.2) is 5.11 Å². The SMILES string of the molecule is COc1cc(N2CCCCC2C)nc(NC(=S)NCc2ccc(-c3ccc(Cl)cc3)o2)n1. The summed E-state index contributed by atoms with van der Waals surface area (Å²) in [7, 11) is 1.60. The van der Waals surface area contributed by atoms with Gasteiger partial charge in [0.2, 0.25) is 11.8 Å². The molecular weight excluding hydrogens is 446 g/mol. The average Bonchev–Trinajstić information content (AvgIpc) is 3.27. The van der Waals surface area contributed by atoms with Crippen LogP contribution in [-0.4, -0.2) is 34.8 Å². The van der Waals surface area contributed by atoms with Crippen LogP contribution in [0.4, 0.5) is 11.8 Å². The maximum Gasteiger partial charge on any atom is 0.234 e. The van der Waals surface area contributed by atoms with Gasteiger partial charge < -0.3 is 24.7 Å². The monoisotopic (exact) mass is 471 g/mol. The lowest BCUT2D eigenvalue weighted by Crippen LogP contribution is -2.38. The number of hydrogen-bond acceptors (Lipinski definition) is 6. The molecule has 1 aliphatic rings. The number of anilines is 2. The summed E-state index contributed by atoms with van der Waals surface area (Å²) in [6.45, 7) is 3.62. The zero-order valence-corrected chi connectivity index (χ0v) is 19.7. The molecule has 2 aromatic heterocycles. The summed E-state index contributed by atoms with van der Waals surface area (Å²) < 4.78 is 11.3. The van der Waals surface area contributed by atoms with Crippen LogP contribution in [0.5, 0.6) is 5.88 Å². The molecule has 1 fully saturated rings. The van der Waals surface area contributed by atoms with E-state index in [-0.39, 0.29) is 0 Å². The van der Waals surface area contributed by atoms with Crippen molar-refractivity contribution in [1.29, 1.82) is 0 Å². The Hall–Kier alpha value is -2.84. The van der Waals surface area contributed by atoms with E-state index in [0.717, 1.165) is 42.3 Å². The van der Waals surface area contributed by atoms with E-state index in [2.05, 4.69) is 32.4 Å². The standard InChI is InChI=1S/C23H26ClN5O2S/c1-15-5-3-4-12-29(15)20-13-21(30-2)27-22(26-20)28-23(32)25-14-18-10-11-19(31-18)16-6-8-17(24)9-7-16/h6-11,13,15H,3-5,12,14H2,1-2H3,(H2,25,26,27,28,32). The van der Waals surface area contributed by atoms with Gasteiger partial charge in [0.05, 0.1) is 13.7 Å². The van der Waals surface area contributed by atoms with Crippen LogP contribution in [0, 0.1) is 0 Å². The topological polar surface area (TPSA) is 75.5 Å². The molecule has 7 nitrogen and oxygen atoms in total. The van der Waals surface area contributed by atoms with Crippen molar-refractivity contribution in [2.24, 2.45) is 0 Å². The Balaban J connectivity index is 1.39. The molecule has 32 heavy (non-hydrogen) atoms. The molecule has 0 spiro atoms. The second-order valence-corrected chi connectivity index (χ2v) is 8.56. The Bertz CT molecular complexity index is 1070. The number of aromatic nitrogens is 2. The number of halogens is 1. The van der Waals surface area contributed by atoms with E-state index in [1.54, 1.807) is 7.11 Å². The Morgan fingerprint density at radius 2 is 2.03 bits per heavy atom. The fraction of sp³-hybridized carbons (Fsp3) is 0.348. The molecule has 0 amide bonds. The van der Waals surface area contributed by atoms with Gasteiger partial charge in [0, 0.05) is 29.2 Å². The molecule has 1 unspecified atom stereocenters. The fourth-order valence-electron chi connectivity index (χ4n) is 3.71. The number of nitrogens with one attached hydrogen (secondary N) is 2. The van der Waals surface area contributed by atoms with Gasteiger partial charge in [0.1, 0.15) is 17.3 Å². The third-order valence-electron chi connectivity index (χ3n) is 5.43. The number of thiocarbonyl (C=S) groups is 1. The summed E-state index contributed by atoms with van der Waals surface area (Å²) in [6, 6.07) is 13.6. The summed E-state index contributed by atoms with van der Waals surface area (Å²) in [4.78, 5) is 11.3. The molecule has 3 aromatic rings. The minimum absolute atomic E-state index is 0.399. The van der Waals surface area contributed by atoms with Gasteiger partial charge in [-0.15, -0.1) is 0 Å². The molecule has 0 aliphatic carbocycles. The molecule has 0 saturated carbocycles. The zero-order chi connectivity index (χ0) is 22.5. The first kappa shape index (κ1) is 22.4. The molecule has 168 valence electrons. The Morgan fingerprint density at radius 3 is 2.78 bits per heavy atom. The van der Waals surface area contributed by atoms with Crippen molar-refractivity contribution in [1.82, 2.24) is 15.3 Å². The Morgan fingerprint density at radius 1 is 1.22 bits per heavy atom. The highest BCUT2D eigenvalue weighted by Gasteiger charge is 2.21. The largest absolute Gasteiger partial charge is 0.481 e. The smallest absolute Gasteiger partial charge is 0.234 e. The highest BCUT2D eigenvalue weighted by atomic mass is 35.5. The predicted molar refractivity (Wildman–Crippen MR) is 131 cm³/mol. The number of rotatable bonds is 6. The summed E-state index contributed by atoms with van der Waals surface area (Å²) in [6.07, 6.45) is 3.54. The number of ether oxygens (including phenoxy) is 1. The maximum absolute atomic E-state index is 5.95. The van der Waals surface area contributed by atoms with Gasteiger partial charge in [-0.3, -0.25) is 0 Å². The third-order valence-corrected chi connectivity index (χ3v) is 5.93. The molecule has 0 bridgehead atoms. The lowest BCUT2D eigenvalue weighted by Gasteiger charge is -2.34. The van der Waals surface area contributed by atoms with Gasteiger partial charge in [-0.1, -0.05) is 11.6 Å². The number of hydrogen-bond donors (Lipinski definition) is 2. The maximum atomic E-state index is 5.95. The molecule has 2 N–H and O–H groups in total. The van der Waals surface area contributed by atoms with Gasteiger partial charge >= 0.3 is 0 Å². The highest BCUT2D eigenvalue weighted by Crippen LogP contribution is 2.27. The number of methoxy groups -OCH3 is 1. The quantitative estimate of drug-likeness (QED) is 0.471. The van der Waals surface area contributed by atoms with Crippen LogP contribution in [0.25, 0.3) is 11.3 Å². The molecule has 1 atom stereocenters. The van der Waals surface area contributed by atoms with Crippen molar-refractivity contribution in [3.05, 3.63) is 53.2 Å². The van der Waals surface area contributed by atoms with Crippen LogP contribution in [-0.2, 0) is 6.54 Å². The summed E-state index contributed by atoms with van der Waals surface area (Å²) in [5.74, 6) is 3.27. The molecule has 3 heterocycles. The number of benzene rings is 1. The van der Waals surface area contributed by atoms with E-state index >= 15 is 0 Å². The predicted octanol–water partition coefficient (Wildman–Crippen LogP) is 5.26. The van der Waals surface area contributed by atoms with E-state index in [1.807, 2.05) is 42.5 Å². The fourth-order valence-corrected chi connectivity index (χ4v) is 4.00. The lowest BCUT2D eigenvalue weighted by molar-refractivity contribution is 0.396. The first-order chi connectivity index (χ1) is 15.5. The normalized spacial score (nSPS) is 16.0. The van der Waals surface area contributed by atoms with Crippen LogP contribution in [0.15, 0.2) is 46.9 Å². The summed E-state index contributed by atoms with van der Waals surface area (Å²) in [5.41, 5.74) is 0.964. The van der Waals surface area contributed by atoms with Crippen molar-refractivity contribution in [3.8, 4) is 17.2 Å². The van der Waals surface area contributed by atoms with Crippen molar-refractivity contribution in [2.75, 3.05) is 23.9 Å². The van der Waals surface area contributed by atoms with Crippen LogP contribution >= 0.6 is 23.8 Å². The van der Waals surface area contributed by atoms with Crippen LogP contribution in [0.2, 0.25) is 5.02 Å². The lowest BCUT2D eigenvalue weighted by atomic mass is 10.0. The molecule has 9 heteroatoms. The number of piperidine rings is 1. The van der Waals surface area contributed by atoms with E-state index in [1.165, 1.54) is 6.42 Å². The molecule has 0 radical (unpaired) electrons. The van der Waals surface area contributed by atoms with Crippen molar-refractivity contribution < 1.29 is 9.15 Å². The second kappa shape index (κ2) is 10.2. The van der Waals surface area contributed by atoms with Crippen LogP contribution in [0.3, 0.4) is 0 Å². The van der Waals surface area contributed by atoms with Crippen LogP contribution < -0.4 is 20.3 Å². The van der Waals surface area contributed by atoms with Crippen LogP contribution in [0.1, 0.15) is 31.9 Å². The molecule has 1 saturated heterocycles. The molecular formula is C23H26ClN5O2S. The molecule has 1 aromatic carbocycles. The first-order valence-electron chi connectivity index (χ1n) is 10.6. The zero-order valence-electron chi connectivity index (χ0n) is 18.1. The van der Waals surface area contributed by atoms with Crippen molar-refractivity contribution in [2.45, 2.75) is 38.8 Å². The van der Waals surface area contributed by atoms with Crippen molar-refractivity contribution >= 4 is 40.7 Å². The first-order valence-corrected chi connectivity index (χ1v) is 11.4. The van der Waals surface area contributed by atoms with E-state index < -0.39 is 0 Å². The van der Waals surface area contributed by atoms with E-state index in [9.17, 15) is 0 Å². The Labute approximate surface area is 198 Å². The second-order valence-electron chi connectivity index (χ2n) is 7.71. The average molecular weight is 472 g/mol. The van der Waals surface area contributed by atoms with E-state index in [4.69, 9.17) is 33.0 Å². The van der Waals surface area contributed by atoms with Gasteiger partial charge in [-0.05, 0) is 74.8 Å². The molecule has 4 rings (SSSR count). The minimum Gasteiger partial charge on any atom is -0.481 e. The number of furan rings is 1. The van der Waals surface area contributed by atoms with Crippen molar-refractivity contribution in [3.63, 3.8) is 0 Å². The van der Waals surface area contributed by atoms with Gasteiger partial charge in [-0.2, -0.15) is 9.97 Å². The van der Waals surface area contributed by atoms with Gasteiger partial charge in [0.25, 0.3) is 0 Å². The summed E-state index contributed by atoms with van der Waals surface area (Å²) in [5, 5.41) is 7.29. The minimum atomic E-state index is 0.399. The highest BCUT2D eigenvalue weighted by molar-refractivity contribution is 7.80. The number of nitrogens with zero attached hydrogens (tertiary/aromatic N) is 3. The Kier molecular flexibility index (Phi) is 7.12. The third kappa shape index (κ3) is 5.49. The van der Waals surface area contributed by atoms with E-state index in [0.29, 0.717) is 34.5 Å². The summed E-state index contributed by atoms with van der Waals surface area (Å²) >= 11 is 11.4.